The standard InChI is InChI=1S/C18H26N6O/c1-14(2)17-16(21-13-25-17)12-22-10-15(11-22)23-6-8-24(9-7-23)18-19-4-3-5-20-18/h3-5,13-15H,6-12H2,1-2H3. The second-order valence-corrected chi connectivity index (χ2v) is 7.24. The molecule has 0 bridgehead atoms. The Morgan fingerprint density at radius 3 is 2.48 bits per heavy atom. The highest BCUT2D eigenvalue weighted by molar-refractivity contribution is 5.29. The van der Waals surface area contributed by atoms with Crippen LogP contribution >= 0.6 is 0 Å². The number of piperazine rings is 1. The van der Waals surface area contributed by atoms with E-state index in [2.05, 4.69) is 43.5 Å². The summed E-state index contributed by atoms with van der Waals surface area (Å²) in [6.45, 7) is 11.6. The van der Waals surface area contributed by atoms with E-state index >= 15 is 0 Å². The predicted octanol–water partition coefficient (Wildman–Crippen LogP) is 1.59. The SMILES string of the molecule is CC(C)c1ocnc1CN1CC(N2CCN(c3ncccn3)CC2)C1. The molecule has 7 nitrogen and oxygen atoms in total. The Balaban J connectivity index is 1.24. The van der Waals surface area contributed by atoms with Crippen LogP contribution < -0.4 is 4.90 Å². The summed E-state index contributed by atoms with van der Waals surface area (Å²) in [6.07, 6.45) is 5.20. The molecule has 0 aliphatic carbocycles. The van der Waals surface area contributed by atoms with Crippen LogP contribution in [0.15, 0.2) is 29.3 Å². The van der Waals surface area contributed by atoms with Crippen molar-refractivity contribution in [2.75, 3.05) is 44.2 Å². The molecule has 7 heteroatoms. The third-order valence-corrected chi connectivity index (χ3v) is 5.17. The lowest BCUT2D eigenvalue weighted by Crippen LogP contribution is -2.62. The van der Waals surface area contributed by atoms with Gasteiger partial charge in [-0.1, -0.05) is 13.8 Å². The van der Waals surface area contributed by atoms with Crippen LogP contribution in [0.2, 0.25) is 0 Å². The van der Waals surface area contributed by atoms with Gasteiger partial charge < -0.3 is 9.32 Å². The lowest BCUT2D eigenvalue weighted by Gasteiger charge is -2.48. The summed E-state index contributed by atoms with van der Waals surface area (Å²) in [5.74, 6) is 2.27. The van der Waals surface area contributed by atoms with Gasteiger partial charge in [0, 0.05) is 70.2 Å². The molecular weight excluding hydrogens is 316 g/mol. The highest BCUT2D eigenvalue weighted by Gasteiger charge is 2.34. The molecule has 0 spiro atoms. The lowest BCUT2D eigenvalue weighted by molar-refractivity contribution is 0.0244. The normalized spacial score (nSPS) is 20.2. The minimum Gasteiger partial charge on any atom is -0.448 e. The van der Waals surface area contributed by atoms with Crippen LogP contribution in [-0.4, -0.2) is 70.1 Å². The first-order valence-electron chi connectivity index (χ1n) is 9.11. The van der Waals surface area contributed by atoms with Gasteiger partial charge >= 0.3 is 0 Å². The molecule has 0 N–H and O–H groups in total. The Morgan fingerprint density at radius 1 is 1.08 bits per heavy atom. The van der Waals surface area contributed by atoms with Gasteiger partial charge in [0.25, 0.3) is 0 Å². The average Bonchev–Trinajstić information content (AvgIpc) is 3.07. The van der Waals surface area contributed by atoms with Gasteiger partial charge in [-0.15, -0.1) is 0 Å². The number of rotatable bonds is 5. The third-order valence-electron chi connectivity index (χ3n) is 5.17. The fourth-order valence-corrected chi connectivity index (χ4v) is 3.72. The van der Waals surface area contributed by atoms with Crippen molar-refractivity contribution in [3.05, 3.63) is 36.3 Å². The van der Waals surface area contributed by atoms with E-state index in [0.29, 0.717) is 12.0 Å². The fourth-order valence-electron chi connectivity index (χ4n) is 3.72. The molecule has 0 radical (unpaired) electrons. The minimum absolute atomic E-state index is 0.392. The van der Waals surface area contributed by atoms with Crippen LogP contribution in [0.25, 0.3) is 0 Å². The molecule has 0 unspecified atom stereocenters. The van der Waals surface area contributed by atoms with Crippen molar-refractivity contribution in [3.63, 3.8) is 0 Å². The molecule has 2 aliphatic rings. The van der Waals surface area contributed by atoms with Gasteiger partial charge in [-0.25, -0.2) is 15.0 Å². The Kier molecular flexibility index (Phi) is 4.67. The van der Waals surface area contributed by atoms with Gasteiger partial charge in [0.2, 0.25) is 5.95 Å². The molecule has 4 heterocycles. The third kappa shape index (κ3) is 3.52. The molecule has 0 atom stereocenters. The molecule has 0 aromatic carbocycles. The van der Waals surface area contributed by atoms with Crippen molar-refractivity contribution in [1.82, 2.24) is 24.8 Å². The summed E-state index contributed by atoms with van der Waals surface area (Å²) in [7, 11) is 0. The van der Waals surface area contributed by atoms with Crippen molar-refractivity contribution >= 4 is 5.95 Å². The van der Waals surface area contributed by atoms with Crippen molar-refractivity contribution in [2.45, 2.75) is 32.4 Å². The van der Waals surface area contributed by atoms with E-state index in [1.54, 1.807) is 6.39 Å². The number of hydrogen-bond donors (Lipinski definition) is 0. The summed E-state index contributed by atoms with van der Waals surface area (Å²) in [5.41, 5.74) is 1.10. The number of hydrogen-bond acceptors (Lipinski definition) is 7. The quantitative estimate of drug-likeness (QED) is 0.818. The van der Waals surface area contributed by atoms with Crippen LogP contribution in [0.4, 0.5) is 5.95 Å². The Labute approximate surface area is 148 Å². The molecular formula is C18H26N6O. The second-order valence-electron chi connectivity index (χ2n) is 7.24. The van der Waals surface area contributed by atoms with Gasteiger partial charge in [0.05, 0.1) is 5.69 Å². The molecule has 25 heavy (non-hydrogen) atoms. The summed E-state index contributed by atoms with van der Waals surface area (Å²) >= 11 is 0. The van der Waals surface area contributed by atoms with E-state index < -0.39 is 0 Å². The Hall–Kier alpha value is -1.99. The smallest absolute Gasteiger partial charge is 0.225 e. The summed E-state index contributed by atoms with van der Waals surface area (Å²) in [4.78, 5) is 20.4. The Morgan fingerprint density at radius 2 is 1.80 bits per heavy atom. The van der Waals surface area contributed by atoms with E-state index in [-0.39, 0.29) is 0 Å². The van der Waals surface area contributed by atoms with E-state index in [1.807, 2.05) is 18.5 Å². The van der Waals surface area contributed by atoms with Gasteiger partial charge in [-0.2, -0.15) is 0 Å². The zero-order valence-electron chi connectivity index (χ0n) is 15.0. The van der Waals surface area contributed by atoms with E-state index in [0.717, 1.165) is 63.2 Å². The summed E-state index contributed by atoms with van der Waals surface area (Å²) in [5, 5.41) is 0. The van der Waals surface area contributed by atoms with E-state index in [9.17, 15) is 0 Å². The van der Waals surface area contributed by atoms with Gasteiger partial charge in [-0.3, -0.25) is 9.80 Å². The number of anilines is 1. The molecule has 134 valence electrons. The van der Waals surface area contributed by atoms with Gasteiger partial charge in [0.1, 0.15) is 5.76 Å². The number of oxazole rings is 1. The maximum absolute atomic E-state index is 5.53. The van der Waals surface area contributed by atoms with Gasteiger partial charge in [-0.05, 0) is 6.07 Å². The van der Waals surface area contributed by atoms with Crippen molar-refractivity contribution in [1.29, 1.82) is 0 Å². The highest BCUT2D eigenvalue weighted by atomic mass is 16.3. The first-order valence-corrected chi connectivity index (χ1v) is 9.11. The second kappa shape index (κ2) is 7.09. The van der Waals surface area contributed by atoms with Crippen molar-refractivity contribution in [3.8, 4) is 0 Å². The fraction of sp³-hybridized carbons (Fsp3) is 0.611. The topological polar surface area (TPSA) is 61.5 Å². The molecule has 0 amide bonds. The first-order chi connectivity index (χ1) is 12.2. The van der Waals surface area contributed by atoms with Crippen LogP contribution in [0.3, 0.4) is 0 Å². The van der Waals surface area contributed by atoms with Crippen LogP contribution in [-0.2, 0) is 6.54 Å². The van der Waals surface area contributed by atoms with E-state index in [1.165, 1.54) is 0 Å². The minimum atomic E-state index is 0.392. The molecule has 2 saturated heterocycles. The maximum Gasteiger partial charge on any atom is 0.225 e. The lowest BCUT2D eigenvalue weighted by atomic mass is 10.0. The molecule has 0 saturated carbocycles. The summed E-state index contributed by atoms with van der Waals surface area (Å²) < 4.78 is 5.53. The van der Waals surface area contributed by atoms with E-state index in [4.69, 9.17) is 4.42 Å². The molecule has 2 fully saturated rings. The number of likely N-dealkylation sites (tertiary alicyclic amines) is 1. The molecule has 4 rings (SSSR count). The van der Waals surface area contributed by atoms with Crippen molar-refractivity contribution in [2.24, 2.45) is 0 Å². The van der Waals surface area contributed by atoms with Crippen LogP contribution in [0.5, 0.6) is 0 Å². The molecule has 2 aromatic rings. The predicted molar refractivity (Wildman–Crippen MR) is 95.5 cm³/mol. The molecule has 2 aromatic heterocycles. The number of nitrogens with zero attached hydrogens (tertiary/aromatic N) is 6. The largest absolute Gasteiger partial charge is 0.448 e. The Bertz CT molecular complexity index is 674. The zero-order valence-corrected chi connectivity index (χ0v) is 15.0. The average molecular weight is 342 g/mol. The highest BCUT2D eigenvalue weighted by Crippen LogP contribution is 2.24. The van der Waals surface area contributed by atoms with Gasteiger partial charge in [0.15, 0.2) is 6.39 Å². The zero-order chi connectivity index (χ0) is 17.2. The maximum atomic E-state index is 5.53. The first kappa shape index (κ1) is 16.5. The summed E-state index contributed by atoms with van der Waals surface area (Å²) in [6, 6.07) is 2.52. The number of aromatic nitrogens is 3. The van der Waals surface area contributed by atoms with Crippen LogP contribution in [0.1, 0.15) is 31.2 Å². The monoisotopic (exact) mass is 342 g/mol. The van der Waals surface area contributed by atoms with Crippen molar-refractivity contribution < 1.29 is 4.42 Å². The molecule has 2 aliphatic heterocycles. The van der Waals surface area contributed by atoms with Crippen LogP contribution in [0, 0.1) is 0 Å².